The fourth-order valence-electron chi connectivity index (χ4n) is 0.679. The van der Waals surface area contributed by atoms with Crippen molar-refractivity contribution in [2.75, 3.05) is 6.54 Å². The Labute approximate surface area is 47.0 Å². The number of hydrogen-bond donors (Lipinski definition) is 1. The molecule has 1 heterocycles. The van der Waals surface area contributed by atoms with Gasteiger partial charge in [0.2, 0.25) is 0 Å². The van der Waals surface area contributed by atoms with E-state index in [4.69, 9.17) is 5.11 Å². The van der Waals surface area contributed by atoms with Crippen LogP contribution in [-0.4, -0.2) is 29.8 Å². The number of aldehydes is 1. The van der Waals surface area contributed by atoms with E-state index in [9.17, 15) is 4.79 Å². The van der Waals surface area contributed by atoms with Gasteiger partial charge in [0, 0.05) is 6.42 Å². The minimum atomic E-state index is -0.407. The molecule has 0 aromatic heterocycles. The number of rotatable bonds is 1. The van der Waals surface area contributed by atoms with Gasteiger partial charge in [-0.2, -0.15) is 0 Å². The fourth-order valence-corrected chi connectivity index (χ4v) is 0.679. The summed E-state index contributed by atoms with van der Waals surface area (Å²) < 4.78 is 0. The highest BCUT2D eigenvalue weighted by Gasteiger charge is 2.13. The van der Waals surface area contributed by atoms with Gasteiger partial charge in [-0.15, -0.1) is 0 Å². The average molecular weight is 113 g/mol. The molecule has 1 N–H and O–H groups in total. The molecule has 0 aromatic carbocycles. The van der Waals surface area contributed by atoms with Crippen molar-refractivity contribution in [3.63, 3.8) is 0 Å². The van der Waals surface area contributed by atoms with E-state index in [-0.39, 0.29) is 0 Å². The molecule has 0 amide bonds. The number of aliphatic imine (C=N–C) groups is 1. The summed E-state index contributed by atoms with van der Waals surface area (Å²) in [5.74, 6) is 0. The van der Waals surface area contributed by atoms with Crippen molar-refractivity contribution in [3.8, 4) is 0 Å². The highest BCUT2D eigenvalue weighted by Crippen LogP contribution is 2.02. The van der Waals surface area contributed by atoms with Crippen LogP contribution in [0.1, 0.15) is 6.42 Å². The van der Waals surface area contributed by atoms with Gasteiger partial charge < -0.3 is 5.11 Å². The maximum atomic E-state index is 9.91. The van der Waals surface area contributed by atoms with Gasteiger partial charge in [0.05, 0.1) is 18.4 Å². The average Bonchev–Trinajstić information content (AvgIpc) is 2.14. The predicted octanol–water partition coefficient (Wildman–Crippen LogP) is -0.609. The maximum absolute atomic E-state index is 9.91. The molecule has 0 saturated carbocycles. The highest BCUT2D eigenvalue weighted by atomic mass is 16.3. The van der Waals surface area contributed by atoms with Crippen LogP contribution in [-0.2, 0) is 4.79 Å². The predicted molar refractivity (Wildman–Crippen MR) is 29.0 cm³/mol. The summed E-state index contributed by atoms with van der Waals surface area (Å²) in [6.45, 7) is 0.397. The minimum Gasteiger partial charge on any atom is -0.391 e. The quantitative estimate of drug-likeness (QED) is 0.461. The Morgan fingerprint density at radius 1 is 1.88 bits per heavy atom. The zero-order valence-corrected chi connectivity index (χ0v) is 4.37. The lowest BCUT2D eigenvalue weighted by Crippen LogP contribution is -2.06. The summed E-state index contributed by atoms with van der Waals surface area (Å²) >= 11 is 0. The van der Waals surface area contributed by atoms with Crippen molar-refractivity contribution in [2.45, 2.75) is 12.5 Å². The van der Waals surface area contributed by atoms with E-state index in [1.165, 1.54) is 0 Å². The summed E-state index contributed by atoms with van der Waals surface area (Å²) in [6, 6.07) is 0. The second-order valence-corrected chi connectivity index (χ2v) is 1.81. The SMILES string of the molecule is O=CC1=NCC(O)C1. The second kappa shape index (κ2) is 2.05. The highest BCUT2D eigenvalue weighted by molar-refractivity contribution is 6.28. The minimum absolute atomic E-state index is 0.397. The number of carbonyl (C=O) groups excluding carboxylic acids is 1. The molecule has 0 spiro atoms. The molecule has 1 aliphatic rings. The Morgan fingerprint density at radius 3 is 2.88 bits per heavy atom. The first-order chi connectivity index (χ1) is 3.83. The number of aliphatic hydroxyl groups is 1. The summed E-state index contributed by atoms with van der Waals surface area (Å²) in [7, 11) is 0. The van der Waals surface area contributed by atoms with Crippen LogP contribution in [0.2, 0.25) is 0 Å². The lowest BCUT2D eigenvalue weighted by molar-refractivity contribution is -0.102. The van der Waals surface area contributed by atoms with Crippen molar-refractivity contribution < 1.29 is 9.90 Å². The fraction of sp³-hybridized carbons (Fsp3) is 0.600. The van der Waals surface area contributed by atoms with Gasteiger partial charge >= 0.3 is 0 Å². The van der Waals surface area contributed by atoms with Gasteiger partial charge in [0.25, 0.3) is 0 Å². The van der Waals surface area contributed by atoms with Gasteiger partial charge in [-0.05, 0) is 0 Å². The topological polar surface area (TPSA) is 49.7 Å². The molecular weight excluding hydrogens is 106 g/mol. The van der Waals surface area contributed by atoms with E-state index in [0.29, 0.717) is 25.0 Å². The molecule has 0 fully saturated rings. The van der Waals surface area contributed by atoms with E-state index in [1.54, 1.807) is 0 Å². The van der Waals surface area contributed by atoms with Gasteiger partial charge in [0.1, 0.15) is 0 Å². The smallest absolute Gasteiger partial charge is 0.163 e. The second-order valence-electron chi connectivity index (χ2n) is 1.81. The normalized spacial score (nSPS) is 27.6. The first-order valence-corrected chi connectivity index (χ1v) is 2.49. The van der Waals surface area contributed by atoms with Crippen LogP contribution in [0.15, 0.2) is 4.99 Å². The molecule has 1 rings (SSSR count). The zero-order chi connectivity index (χ0) is 5.98. The van der Waals surface area contributed by atoms with Crippen molar-refractivity contribution in [1.82, 2.24) is 0 Å². The summed E-state index contributed by atoms with van der Waals surface area (Å²) in [5, 5.41) is 8.76. The molecule has 0 saturated heterocycles. The molecule has 1 aliphatic heterocycles. The third-order valence-electron chi connectivity index (χ3n) is 1.09. The van der Waals surface area contributed by atoms with E-state index in [1.807, 2.05) is 0 Å². The van der Waals surface area contributed by atoms with Crippen molar-refractivity contribution in [2.24, 2.45) is 4.99 Å². The summed E-state index contributed by atoms with van der Waals surface area (Å²) in [6.07, 6.45) is 0.717. The molecule has 8 heavy (non-hydrogen) atoms. The van der Waals surface area contributed by atoms with E-state index >= 15 is 0 Å². The van der Waals surface area contributed by atoms with Crippen LogP contribution in [0, 0.1) is 0 Å². The van der Waals surface area contributed by atoms with Gasteiger partial charge in [-0.25, -0.2) is 0 Å². The molecule has 1 atom stereocenters. The monoisotopic (exact) mass is 113 g/mol. The molecule has 0 bridgehead atoms. The number of hydrogen-bond acceptors (Lipinski definition) is 3. The largest absolute Gasteiger partial charge is 0.391 e. The molecule has 0 radical (unpaired) electrons. The lowest BCUT2D eigenvalue weighted by Gasteiger charge is -1.91. The maximum Gasteiger partial charge on any atom is 0.163 e. The van der Waals surface area contributed by atoms with Gasteiger partial charge in [0.15, 0.2) is 6.29 Å². The summed E-state index contributed by atoms with van der Waals surface area (Å²) in [4.78, 5) is 13.6. The van der Waals surface area contributed by atoms with Crippen molar-refractivity contribution >= 4 is 12.0 Å². The Kier molecular flexibility index (Phi) is 1.39. The Hall–Kier alpha value is -0.700. The van der Waals surface area contributed by atoms with Crippen molar-refractivity contribution in [3.05, 3.63) is 0 Å². The van der Waals surface area contributed by atoms with Crippen LogP contribution in [0.25, 0.3) is 0 Å². The Morgan fingerprint density at radius 2 is 2.62 bits per heavy atom. The van der Waals surface area contributed by atoms with Crippen LogP contribution in [0.3, 0.4) is 0 Å². The number of carbonyl (C=O) groups is 1. The van der Waals surface area contributed by atoms with Gasteiger partial charge in [-0.3, -0.25) is 9.79 Å². The van der Waals surface area contributed by atoms with Crippen LogP contribution >= 0.6 is 0 Å². The van der Waals surface area contributed by atoms with E-state index in [2.05, 4.69) is 4.99 Å². The molecule has 1 unspecified atom stereocenters. The first-order valence-electron chi connectivity index (χ1n) is 2.49. The Balaban J connectivity index is 2.49. The Bertz CT molecular complexity index is 130. The molecular formula is C5H7NO2. The van der Waals surface area contributed by atoms with E-state index in [0.717, 1.165) is 0 Å². The van der Waals surface area contributed by atoms with Crippen LogP contribution in [0.4, 0.5) is 0 Å². The zero-order valence-electron chi connectivity index (χ0n) is 4.37. The first kappa shape index (κ1) is 5.44. The molecule has 0 aromatic rings. The number of nitrogens with zero attached hydrogens (tertiary/aromatic N) is 1. The molecule has 3 heteroatoms. The number of aliphatic hydroxyl groups excluding tert-OH is 1. The lowest BCUT2D eigenvalue weighted by atomic mass is 10.2. The van der Waals surface area contributed by atoms with Crippen LogP contribution in [0.5, 0.6) is 0 Å². The van der Waals surface area contributed by atoms with Gasteiger partial charge in [-0.1, -0.05) is 0 Å². The molecule has 3 nitrogen and oxygen atoms in total. The van der Waals surface area contributed by atoms with E-state index < -0.39 is 6.10 Å². The summed E-state index contributed by atoms with van der Waals surface area (Å²) in [5.41, 5.74) is 0.484. The van der Waals surface area contributed by atoms with Crippen LogP contribution < -0.4 is 0 Å². The molecule has 44 valence electrons. The van der Waals surface area contributed by atoms with Crippen molar-refractivity contribution in [1.29, 1.82) is 0 Å². The third kappa shape index (κ3) is 0.924. The third-order valence-corrected chi connectivity index (χ3v) is 1.09. The standard InChI is InChI=1S/C5H7NO2/c7-3-4-1-5(8)2-6-4/h3,5,8H,1-2H2. The molecule has 0 aliphatic carbocycles.